The molecule has 0 spiro atoms. The largest absolute Gasteiger partial charge is 0.478 e. The number of hydrogen-bond acceptors (Lipinski definition) is 5. The fourth-order valence-corrected chi connectivity index (χ4v) is 8.54. The average molecular weight is 410 g/mol. The fraction of sp³-hybridized carbons (Fsp3) is 0.765. The quantitative estimate of drug-likeness (QED) is 0.307. The minimum absolute atomic E-state index is 0. The standard InChI is InChI=1S/C8H13NO3.C8H22O3Si2.CH4/c1-2-3-6-9-7(10)4-5-8(11)12;1-7-9-12(3,4)11-13(5,6)10-8-2;/h4-5H,2-3,6H2,1H3,(H,9,10)(H,11,12);7-8H2,1-6H3;1H4/b5-4-;;. The van der Waals surface area contributed by atoms with Gasteiger partial charge in [0.25, 0.3) is 0 Å². The Morgan fingerprint density at radius 2 is 1.42 bits per heavy atom. The first kappa shape index (κ1) is 29.7. The van der Waals surface area contributed by atoms with Crippen molar-refractivity contribution in [1.82, 2.24) is 5.32 Å². The molecule has 0 fully saturated rings. The normalized spacial score (nSPS) is 11.3. The minimum atomic E-state index is -1.94. The Bertz CT molecular complexity index is 398. The number of carbonyl (C=O) groups excluding carboxylic acids is 1. The Morgan fingerprint density at radius 3 is 1.77 bits per heavy atom. The summed E-state index contributed by atoms with van der Waals surface area (Å²) in [6.07, 6.45) is 3.74. The van der Waals surface area contributed by atoms with E-state index in [1.165, 1.54) is 0 Å². The zero-order valence-electron chi connectivity index (χ0n) is 16.7. The van der Waals surface area contributed by atoms with Crippen molar-refractivity contribution in [2.24, 2.45) is 0 Å². The summed E-state index contributed by atoms with van der Waals surface area (Å²) >= 11 is 0. The number of rotatable bonds is 11. The molecule has 0 saturated carbocycles. The Kier molecular flexibility index (Phi) is 18.5. The number of carboxylic acids is 1. The third-order valence-electron chi connectivity index (χ3n) is 2.68. The maximum atomic E-state index is 10.8. The van der Waals surface area contributed by atoms with E-state index in [-0.39, 0.29) is 13.3 Å². The van der Waals surface area contributed by atoms with Gasteiger partial charge in [0.2, 0.25) is 5.91 Å². The molecule has 0 aliphatic carbocycles. The van der Waals surface area contributed by atoms with Crippen LogP contribution >= 0.6 is 0 Å². The Morgan fingerprint density at radius 1 is 0.962 bits per heavy atom. The molecule has 0 aromatic carbocycles. The van der Waals surface area contributed by atoms with Crippen LogP contribution < -0.4 is 5.32 Å². The van der Waals surface area contributed by atoms with Crippen LogP contribution in [0.25, 0.3) is 0 Å². The monoisotopic (exact) mass is 409 g/mol. The molecule has 2 N–H and O–H groups in total. The smallest absolute Gasteiger partial charge is 0.328 e. The van der Waals surface area contributed by atoms with Crippen molar-refractivity contribution >= 4 is 29.0 Å². The Balaban J connectivity index is -0.000000393. The second-order valence-electron chi connectivity index (χ2n) is 6.08. The lowest BCUT2D eigenvalue weighted by Crippen LogP contribution is -2.48. The first-order valence-electron chi connectivity index (χ1n) is 8.66. The fourth-order valence-electron chi connectivity index (χ4n) is 1.94. The average Bonchev–Trinajstić information content (AvgIpc) is 2.44. The minimum Gasteiger partial charge on any atom is -0.478 e. The van der Waals surface area contributed by atoms with E-state index in [1.807, 2.05) is 20.8 Å². The van der Waals surface area contributed by atoms with E-state index in [2.05, 4.69) is 31.5 Å². The number of carboxylic acid groups (broad SMARTS) is 1. The van der Waals surface area contributed by atoms with Crippen LogP contribution in [0.15, 0.2) is 12.2 Å². The summed E-state index contributed by atoms with van der Waals surface area (Å²) in [5.41, 5.74) is 0. The van der Waals surface area contributed by atoms with Crippen molar-refractivity contribution in [2.45, 2.75) is 67.2 Å². The zero-order chi connectivity index (χ0) is 19.9. The van der Waals surface area contributed by atoms with E-state index in [4.69, 9.17) is 18.1 Å². The molecule has 0 aliphatic rings. The molecule has 7 nitrogen and oxygen atoms in total. The SMILES string of the molecule is C.CCCCNC(=O)/C=C\C(=O)O.CCO[Si](C)(C)O[Si](C)(C)OCC. The lowest BCUT2D eigenvalue weighted by molar-refractivity contribution is -0.131. The van der Waals surface area contributed by atoms with Crippen molar-refractivity contribution in [2.75, 3.05) is 19.8 Å². The molecule has 9 heteroatoms. The lowest BCUT2D eigenvalue weighted by atomic mass is 10.3. The highest BCUT2D eigenvalue weighted by Gasteiger charge is 2.35. The highest BCUT2D eigenvalue weighted by molar-refractivity contribution is 6.78. The summed E-state index contributed by atoms with van der Waals surface area (Å²) in [6, 6.07) is 0. The highest BCUT2D eigenvalue weighted by atomic mass is 28.5. The molecule has 0 rings (SSSR count). The molecule has 0 bridgehead atoms. The molecular formula is C17H39NO6Si2. The summed E-state index contributed by atoms with van der Waals surface area (Å²) in [5, 5.41) is 10.7. The summed E-state index contributed by atoms with van der Waals surface area (Å²) in [7, 11) is -3.88. The van der Waals surface area contributed by atoms with Gasteiger partial charge in [0.1, 0.15) is 0 Å². The van der Waals surface area contributed by atoms with E-state index in [9.17, 15) is 9.59 Å². The van der Waals surface area contributed by atoms with Crippen molar-refractivity contribution in [3.63, 3.8) is 0 Å². The van der Waals surface area contributed by atoms with Gasteiger partial charge < -0.3 is 23.4 Å². The van der Waals surface area contributed by atoms with Gasteiger partial charge in [0.15, 0.2) is 0 Å². The van der Waals surface area contributed by atoms with E-state index in [1.54, 1.807) is 0 Å². The molecule has 0 heterocycles. The number of nitrogens with one attached hydrogen (secondary N) is 1. The molecule has 0 aromatic rings. The first-order valence-corrected chi connectivity index (χ1v) is 14.3. The molecule has 156 valence electrons. The second kappa shape index (κ2) is 16.2. The highest BCUT2D eigenvalue weighted by Crippen LogP contribution is 2.16. The number of unbranched alkanes of at least 4 members (excludes halogenated alkanes) is 1. The molecule has 1 amide bonds. The van der Waals surface area contributed by atoms with Gasteiger partial charge in [-0.05, 0) is 46.5 Å². The van der Waals surface area contributed by atoms with Crippen LogP contribution in [0.1, 0.15) is 41.0 Å². The van der Waals surface area contributed by atoms with Gasteiger partial charge in [-0.25, -0.2) is 4.79 Å². The van der Waals surface area contributed by atoms with Crippen LogP contribution in [0.4, 0.5) is 0 Å². The van der Waals surface area contributed by atoms with Crippen molar-refractivity contribution in [1.29, 1.82) is 0 Å². The predicted octanol–water partition coefficient (Wildman–Crippen LogP) is 3.66. The van der Waals surface area contributed by atoms with Crippen LogP contribution in [-0.4, -0.2) is 53.9 Å². The van der Waals surface area contributed by atoms with Crippen molar-refractivity contribution in [3.05, 3.63) is 12.2 Å². The van der Waals surface area contributed by atoms with Gasteiger partial charge >= 0.3 is 23.1 Å². The predicted molar refractivity (Wildman–Crippen MR) is 111 cm³/mol. The van der Waals surface area contributed by atoms with E-state index in [0.29, 0.717) is 6.54 Å². The van der Waals surface area contributed by atoms with Gasteiger partial charge in [0.05, 0.1) is 0 Å². The van der Waals surface area contributed by atoms with E-state index < -0.39 is 23.1 Å². The molecule has 0 aliphatic heterocycles. The van der Waals surface area contributed by atoms with Crippen LogP contribution in [-0.2, 0) is 22.6 Å². The van der Waals surface area contributed by atoms with Gasteiger partial charge in [-0.1, -0.05) is 20.8 Å². The molecule has 0 radical (unpaired) electrons. The van der Waals surface area contributed by atoms with Gasteiger partial charge in [-0.3, -0.25) is 4.79 Å². The maximum absolute atomic E-state index is 10.8. The number of amides is 1. The van der Waals surface area contributed by atoms with E-state index in [0.717, 1.165) is 38.2 Å². The third-order valence-corrected chi connectivity index (χ3v) is 8.58. The summed E-state index contributed by atoms with van der Waals surface area (Å²) in [4.78, 5) is 20.7. The molecule has 0 aromatic heterocycles. The molecule has 0 atom stereocenters. The first-order chi connectivity index (χ1) is 11.5. The van der Waals surface area contributed by atoms with Gasteiger partial charge in [-0.15, -0.1) is 0 Å². The van der Waals surface area contributed by atoms with Crippen LogP contribution in [0.3, 0.4) is 0 Å². The van der Waals surface area contributed by atoms with Crippen LogP contribution in [0.2, 0.25) is 26.2 Å². The summed E-state index contributed by atoms with van der Waals surface area (Å²) < 4.78 is 17.1. The van der Waals surface area contributed by atoms with Crippen LogP contribution in [0, 0.1) is 0 Å². The molecule has 26 heavy (non-hydrogen) atoms. The Hall–Kier alpha value is -1.01. The van der Waals surface area contributed by atoms with Crippen molar-refractivity contribution < 1.29 is 27.7 Å². The number of carbonyl (C=O) groups is 2. The van der Waals surface area contributed by atoms with Crippen LogP contribution in [0.5, 0.6) is 0 Å². The topological polar surface area (TPSA) is 94.1 Å². The Labute approximate surface area is 161 Å². The van der Waals surface area contributed by atoms with Gasteiger partial charge in [0, 0.05) is 31.9 Å². The summed E-state index contributed by atoms with van der Waals surface area (Å²) in [5.74, 6) is -1.47. The molecule has 0 unspecified atom stereocenters. The second-order valence-corrected chi connectivity index (χ2v) is 13.1. The number of aliphatic carboxylic acids is 1. The third kappa shape index (κ3) is 21.0. The molecular weight excluding hydrogens is 370 g/mol. The maximum Gasteiger partial charge on any atom is 0.328 e. The van der Waals surface area contributed by atoms with E-state index >= 15 is 0 Å². The van der Waals surface area contributed by atoms with Gasteiger partial charge in [-0.2, -0.15) is 0 Å². The molecule has 0 saturated heterocycles. The lowest BCUT2D eigenvalue weighted by Gasteiger charge is -2.31. The number of hydrogen-bond donors (Lipinski definition) is 2. The van der Waals surface area contributed by atoms with Crippen molar-refractivity contribution in [3.8, 4) is 0 Å². The summed E-state index contributed by atoms with van der Waals surface area (Å²) in [6.45, 7) is 16.3. The zero-order valence-corrected chi connectivity index (χ0v) is 18.7.